The summed E-state index contributed by atoms with van der Waals surface area (Å²) in [5, 5.41) is 4.62. The zero-order valence-electron chi connectivity index (χ0n) is 12.4. The number of benzene rings is 2. The van der Waals surface area contributed by atoms with Crippen LogP contribution >= 0.6 is 23.2 Å². The average Bonchev–Trinajstić information content (AvgIpc) is 2.52. The van der Waals surface area contributed by atoms with Crippen LogP contribution in [0.2, 0.25) is 10.0 Å². The summed E-state index contributed by atoms with van der Waals surface area (Å²) < 4.78 is 11.0. The van der Waals surface area contributed by atoms with Gasteiger partial charge in [0.25, 0.3) is 0 Å². The topological polar surface area (TPSA) is 30.5 Å². The minimum atomic E-state index is 0.522. The number of para-hydroxylation sites is 2. The van der Waals surface area contributed by atoms with E-state index < -0.39 is 0 Å². The lowest BCUT2D eigenvalue weighted by Crippen LogP contribution is -2.08. The first-order valence-corrected chi connectivity index (χ1v) is 7.93. The highest BCUT2D eigenvalue weighted by molar-refractivity contribution is 6.35. The Morgan fingerprint density at radius 1 is 1.05 bits per heavy atom. The van der Waals surface area contributed by atoms with Crippen molar-refractivity contribution in [3.05, 3.63) is 58.1 Å². The molecule has 0 aliphatic heterocycles. The smallest absolute Gasteiger partial charge is 0.142 e. The molecule has 0 bridgehead atoms. The van der Waals surface area contributed by atoms with Crippen molar-refractivity contribution < 1.29 is 9.47 Å². The lowest BCUT2D eigenvalue weighted by atomic mass is 10.2. The molecule has 3 nitrogen and oxygen atoms in total. The third-order valence-electron chi connectivity index (χ3n) is 3.06. The maximum atomic E-state index is 6.18. The number of anilines is 1. The second-order valence-electron chi connectivity index (χ2n) is 4.63. The Morgan fingerprint density at radius 3 is 2.64 bits per heavy atom. The predicted octanol–water partition coefficient (Wildman–Crippen LogP) is 5.02. The zero-order valence-corrected chi connectivity index (χ0v) is 14.0. The summed E-state index contributed by atoms with van der Waals surface area (Å²) in [6.45, 7) is 4.35. The fourth-order valence-electron chi connectivity index (χ4n) is 1.95. The molecule has 0 heterocycles. The summed E-state index contributed by atoms with van der Waals surface area (Å²) in [6, 6.07) is 13.3. The Kier molecular flexibility index (Phi) is 6.84. The summed E-state index contributed by atoms with van der Waals surface area (Å²) in [6.07, 6.45) is 0. The number of hydrogen-bond donors (Lipinski definition) is 1. The van der Waals surface area contributed by atoms with Crippen LogP contribution in [0.1, 0.15) is 12.5 Å². The quantitative estimate of drug-likeness (QED) is 0.685. The Balaban J connectivity index is 1.97. The lowest BCUT2D eigenvalue weighted by molar-refractivity contribution is 0.110. The van der Waals surface area contributed by atoms with Gasteiger partial charge >= 0.3 is 0 Å². The van der Waals surface area contributed by atoms with Gasteiger partial charge in [-0.25, -0.2) is 0 Å². The molecule has 2 rings (SSSR count). The van der Waals surface area contributed by atoms with Gasteiger partial charge in [0, 0.05) is 23.2 Å². The molecular formula is C17H19Cl2NO2. The van der Waals surface area contributed by atoms with Gasteiger partial charge in [-0.1, -0.05) is 41.4 Å². The van der Waals surface area contributed by atoms with Crippen molar-refractivity contribution in [2.75, 3.05) is 25.1 Å². The van der Waals surface area contributed by atoms with Gasteiger partial charge in [-0.05, 0) is 36.8 Å². The Bertz CT molecular complexity index is 605. The Morgan fingerprint density at radius 2 is 1.86 bits per heavy atom. The molecule has 2 aromatic rings. The van der Waals surface area contributed by atoms with Crippen LogP contribution in [0.5, 0.6) is 5.75 Å². The van der Waals surface area contributed by atoms with Crippen molar-refractivity contribution >= 4 is 28.9 Å². The van der Waals surface area contributed by atoms with E-state index in [1.54, 1.807) is 6.07 Å². The minimum Gasteiger partial charge on any atom is -0.489 e. The zero-order chi connectivity index (χ0) is 15.8. The first-order valence-electron chi connectivity index (χ1n) is 7.18. The summed E-state index contributed by atoms with van der Waals surface area (Å²) >= 11 is 12.1. The maximum Gasteiger partial charge on any atom is 0.142 e. The van der Waals surface area contributed by atoms with Crippen LogP contribution in [0.15, 0.2) is 42.5 Å². The van der Waals surface area contributed by atoms with E-state index in [4.69, 9.17) is 32.7 Å². The molecule has 0 aromatic heterocycles. The van der Waals surface area contributed by atoms with Gasteiger partial charge in [0.05, 0.1) is 12.3 Å². The summed E-state index contributed by atoms with van der Waals surface area (Å²) in [5.41, 5.74) is 1.90. The lowest BCUT2D eigenvalue weighted by Gasteiger charge is -2.14. The van der Waals surface area contributed by atoms with Crippen molar-refractivity contribution in [1.82, 2.24) is 0 Å². The maximum absolute atomic E-state index is 6.18. The van der Waals surface area contributed by atoms with E-state index in [1.807, 2.05) is 43.3 Å². The molecule has 0 spiro atoms. The largest absolute Gasteiger partial charge is 0.489 e. The van der Waals surface area contributed by atoms with Gasteiger partial charge in [0.2, 0.25) is 0 Å². The van der Waals surface area contributed by atoms with E-state index in [1.165, 1.54) is 0 Å². The van der Waals surface area contributed by atoms with E-state index in [0.717, 1.165) is 17.0 Å². The van der Waals surface area contributed by atoms with Crippen LogP contribution in [0, 0.1) is 0 Å². The summed E-state index contributed by atoms with van der Waals surface area (Å²) in [7, 11) is 0. The first-order chi connectivity index (χ1) is 10.7. The van der Waals surface area contributed by atoms with Crippen molar-refractivity contribution in [3.63, 3.8) is 0 Å². The summed E-state index contributed by atoms with van der Waals surface area (Å²) in [5.74, 6) is 0.798. The van der Waals surface area contributed by atoms with Gasteiger partial charge in [0.1, 0.15) is 12.4 Å². The molecule has 1 N–H and O–H groups in total. The van der Waals surface area contributed by atoms with E-state index in [0.29, 0.717) is 36.4 Å². The number of hydrogen-bond acceptors (Lipinski definition) is 3. The Hall–Kier alpha value is -1.42. The van der Waals surface area contributed by atoms with Crippen LogP contribution in [-0.2, 0) is 11.3 Å². The highest BCUT2D eigenvalue weighted by atomic mass is 35.5. The highest BCUT2D eigenvalue weighted by Crippen LogP contribution is 2.26. The molecule has 2 aromatic carbocycles. The second kappa shape index (κ2) is 8.89. The van der Waals surface area contributed by atoms with Gasteiger partial charge in [-0.2, -0.15) is 0 Å². The normalized spacial score (nSPS) is 10.5. The molecule has 118 valence electrons. The Labute approximate surface area is 141 Å². The van der Waals surface area contributed by atoms with Crippen molar-refractivity contribution in [2.45, 2.75) is 13.5 Å². The van der Waals surface area contributed by atoms with Gasteiger partial charge in [-0.3, -0.25) is 0 Å². The molecule has 22 heavy (non-hydrogen) atoms. The van der Waals surface area contributed by atoms with Crippen LogP contribution in [-0.4, -0.2) is 19.8 Å². The first kappa shape index (κ1) is 16.9. The minimum absolute atomic E-state index is 0.522. The molecular weight excluding hydrogens is 321 g/mol. The fraction of sp³-hybridized carbons (Fsp3) is 0.294. The van der Waals surface area contributed by atoms with Crippen LogP contribution < -0.4 is 10.1 Å². The molecule has 0 atom stereocenters. The summed E-state index contributed by atoms with van der Waals surface area (Å²) in [4.78, 5) is 0. The van der Waals surface area contributed by atoms with Crippen molar-refractivity contribution in [2.24, 2.45) is 0 Å². The van der Waals surface area contributed by atoms with E-state index in [2.05, 4.69) is 5.32 Å². The molecule has 0 aliphatic carbocycles. The highest BCUT2D eigenvalue weighted by Gasteiger charge is 2.05. The van der Waals surface area contributed by atoms with E-state index in [-0.39, 0.29) is 0 Å². The van der Waals surface area contributed by atoms with E-state index in [9.17, 15) is 0 Å². The van der Waals surface area contributed by atoms with Crippen LogP contribution in [0.4, 0.5) is 5.69 Å². The average molecular weight is 340 g/mol. The third kappa shape index (κ3) is 5.09. The standard InChI is InChI=1S/C17H19Cl2NO2/c1-2-21-9-10-22-17-6-4-3-5-16(17)20-12-13-7-8-14(18)11-15(13)19/h3-8,11,20H,2,9-10,12H2,1H3. The van der Waals surface area contributed by atoms with Crippen LogP contribution in [0.25, 0.3) is 0 Å². The fourth-order valence-corrected chi connectivity index (χ4v) is 2.42. The molecule has 0 radical (unpaired) electrons. The molecule has 5 heteroatoms. The van der Waals surface area contributed by atoms with Crippen molar-refractivity contribution in [3.8, 4) is 5.75 Å². The van der Waals surface area contributed by atoms with Crippen molar-refractivity contribution in [1.29, 1.82) is 0 Å². The predicted molar refractivity (Wildman–Crippen MR) is 92.2 cm³/mol. The SMILES string of the molecule is CCOCCOc1ccccc1NCc1ccc(Cl)cc1Cl. The molecule has 0 unspecified atom stereocenters. The van der Waals surface area contributed by atoms with Crippen LogP contribution in [0.3, 0.4) is 0 Å². The molecule has 0 aliphatic rings. The molecule has 0 amide bonds. The third-order valence-corrected chi connectivity index (χ3v) is 3.65. The monoisotopic (exact) mass is 339 g/mol. The van der Waals surface area contributed by atoms with Gasteiger partial charge < -0.3 is 14.8 Å². The molecule has 0 saturated heterocycles. The second-order valence-corrected chi connectivity index (χ2v) is 5.47. The number of rotatable bonds is 8. The number of halogens is 2. The molecule has 0 saturated carbocycles. The van der Waals surface area contributed by atoms with E-state index >= 15 is 0 Å². The number of nitrogens with one attached hydrogen (secondary N) is 1. The number of ether oxygens (including phenoxy) is 2. The molecule has 0 fully saturated rings. The van der Waals surface area contributed by atoms with Gasteiger partial charge in [-0.15, -0.1) is 0 Å². The van der Waals surface area contributed by atoms with Gasteiger partial charge in [0.15, 0.2) is 0 Å².